The van der Waals surface area contributed by atoms with Crippen LogP contribution in [0.3, 0.4) is 0 Å². The number of sulfonamides is 1. The smallest absolute Gasteiger partial charge is 0.261 e. The molecule has 1 aliphatic rings. The normalized spacial score (nSPS) is 14.6. The van der Waals surface area contributed by atoms with Gasteiger partial charge in [0, 0.05) is 17.4 Å². The van der Waals surface area contributed by atoms with Crippen molar-refractivity contribution >= 4 is 38.7 Å². The van der Waals surface area contributed by atoms with Gasteiger partial charge >= 0.3 is 0 Å². The second kappa shape index (κ2) is 8.58. The van der Waals surface area contributed by atoms with Gasteiger partial charge in [-0.3, -0.25) is 4.72 Å². The Bertz CT molecular complexity index is 875. The highest BCUT2D eigenvalue weighted by Crippen LogP contribution is 2.21. The molecule has 1 saturated carbocycles. The molecule has 3 rings (SSSR count). The van der Waals surface area contributed by atoms with E-state index >= 15 is 0 Å². The molecule has 1 aliphatic carbocycles. The van der Waals surface area contributed by atoms with E-state index in [2.05, 4.69) is 15.4 Å². The van der Waals surface area contributed by atoms with Crippen molar-refractivity contribution in [2.45, 2.75) is 36.6 Å². The summed E-state index contributed by atoms with van der Waals surface area (Å²) in [6.45, 7) is 0. The molecule has 0 spiro atoms. The first-order valence-corrected chi connectivity index (χ1v) is 10.7. The van der Waals surface area contributed by atoms with E-state index < -0.39 is 10.0 Å². The molecule has 8 heteroatoms. The fourth-order valence-electron chi connectivity index (χ4n) is 3.01. The average molecular weight is 406 g/mol. The molecular weight excluding hydrogens is 382 g/mol. The summed E-state index contributed by atoms with van der Waals surface area (Å²) in [5.74, 6) is 0.663. The second-order valence-electron chi connectivity index (χ2n) is 6.44. The van der Waals surface area contributed by atoms with Gasteiger partial charge in [0.05, 0.1) is 12.0 Å². The first-order valence-electron chi connectivity index (χ1n) is 8.81. The predicted molar refractivity (Wildman–Crippen MR) is 112 cm³/mol. The highest BCUT2D eigenvalue weighted by atomic mass is 32.2. The number of nitrogens with one attached hydrogen (secondary N) is 3. The molecule has 0 amide bonds. The summed E-state index contributed by atoms with van der Waals surface area (Å²) in [6, 6.07) is 13.6. The zero-order valence-corrected chi connectivity index (χ0v) is 16.7. The van der Waals surface area contributed by atoms with Crippen LogP contribution in [0.4, 0.5) is 11.4 Å². The fourth-order valence-corrected chi connectivity index (χ4v) is 4.36. The first kappa shape index (κ1) is 19.4. The summed E-state index contributed by atoms with van der Waals surface area (Å²) in [5.41, 5.74) is 1.22. The van der Waals surface area contributed by atoms with E-state index in [0.29, 0.717) is 22.6 Å². The van der Waals surface area contributed by atoms with Crippen LogP contribution in [0.5, 0.6) is 5.75 Å². The van der Waals surface area contributed by atoms with Gasteiger partial charge in [0.1, 0.15) is 5.75 Å². The number of rotatable bonds is 6. The van der Waals surface area contributed by atoms with Crippen LogP contribution in [-0.4, -0.2) is 26.7 Å². The molecule has 0 heterocycles. The quantitative estimate of drug-likeness (QED) is 0.636. The van der Waals surface area contributed by atoms with Gasteiger partial charge in [-0.05, 0) is 73.6 Å². The Morgan fingerprint density at radius 2 is 1.59 bits per heavy atom. The highest BCUT2D eigenvalue weighted by molar-refractivity contribution is 7.92. The van der Waals surface area contributed by atoms with Crippen LogP contribution >= 0.6 is 12.2 Å². The third-order valence-corrected chi connectivity index (χ3v) is 6.07. The number of methoxy groups -OCH3 is 1. The number of thiocarbonyl (C=S) groups is 1. The van der Waals surface area contributed by atoms with Crippen LogP contribution in [0.2, 0.25) is 0 Å². The Labute approximate surface area is 165 Å². The maximum Gasteiger partial charge on any atom is 0.261 e. The van der Waals surface area contributed by atoms with Gasteiger partial charge < -0.3 is 15.4 Å². The zero-order chi connectivity index (χ0) is 19.3. The summed E-state index contributed by atoms with van der Waals surface area (Å²) < 4.78 is 32.7. The minimum atomic E-state index is -3.66. The molecule has 0 aliphatic heterocycles. The SMILES string of the molecule is COc1ccc(NS(=O)(=O)c2ccc(NC(=S)NC3CCCC3)cc2)cc1. The van der Waals surface area contributed by atoms with Crippen molar-refractivity contribution in [2.24, 2.45) is 0 Å². The minimum Gasteiger partial charge on any atom is -0.497 e. The van der Waals surface area contributed by atoms with Gasteiger partial charge in [0.25, 0.3) is 10.0 Å². The largest absolute Gasteiger partial charge is 0.497 e. The molecule has 0 radical (unpaired) electrons. The van der Waals surface area contributed by atoms with Crippen molar-refractivity contribution in [1.82, 2.24) is 5.32 Å². The standard InChI is InChI=1S/C19H23N3O3S2/c1-25-17-10-6-16(7-11-17)22-27(23,24)18-12-8-15(9-13-18)21-19(26)20-14-4-2-3-5-14/h6-14,22H,2-5H2,1H3,(H2,20,21,26). The van der Waals surface area contributed by atoms with Gasteiger partial charge in [-0.25, -0.2) is 8.42 Å². The van der Waals surface area contributed by atoms with Gasteiger partial charge in [-0.2, -0.15) is 0 Å². The van der Waals surface area contributed by atoms with E-state index in [1.54, 1.807) is 55.6 Å². The predicted octanol–water partition coefficient (Wildman–Crippen LogP) is 3.73. The first-order chi connectivity index (χ1) is 13.0. The van der Waals surface area contributed by atoms with E-state index in [4.69, 9.17) is 17.0 Å². The Morgan fingerprint density at radius 1 is 1.00 bits per heavy atom. The third-order valence-electron chi connectivity index (χ3n) is 4.46. The number of hydrogen-bond acceptors (Lipinski definition) is 4. The molecule has 2 aromatic rings. The Morgan fingerprint density at radius 3 is 2.19 bits per heavy atom. The molecule has 0 saturated heterocycles. The van der Waals surface area contributed by atoms with E-state index in [0.717, 1.165) is 18.5 Å². The summed E-state index contributed by atoms with van der Waals surface area (Å²) in [4.78, 5) is 0.179. The molecule has 0 aromatic heterocycles. The van der Waals surface area contributed by atoms with Crippen LogP contribution < -0.4 is 20.1 Å². The number of ether oxygens (including phenoxy) is 1. The highest BCUT2D eigenvalue weighted by Gasteiger charge is 2.16. The van der Waals surface area contributed by atoms with Crippen molar-refractivity contribution in [3.05, 3.63) is 48.5 Å². The van der Waals surface area contributed by atoms with E-state index in [1.165, 1.54) is 12.8 Å². The number of anilines is 2. The van der Waals surface area contributed by atoms with Crippen molar-refractivity contribution in [2.75, 3.05) is 17.1 Å². The molecule has 0 bridgehead atoms. The van der Waals surface area contributed by atoms with Crippen LogP contribution in [0.1, 0.15) is 25.7 Å². The lowest BCUT2D eigenvalue weighted by molar-refractivity contribution is 0.415. The molecule has 27 heavy (non-hydrogen) atoms. The molecular formula is C19H23N3O3S2. The van der Waals surface area contributed by atoms with Crippen LogP contribution in [0.25, 0.3) is 0 Å². The monoisotopic (exact) mass is 405 g/mol. The average Bonchev–Trinajstić information content (AvgIpc) is 3.15. The van der Waals surface area contributed by atoms with E-state index in [-0.39, 0.29) is 4.90 Å². The summed E-state index contributed by atoms with van der Waals surface area (Å²) in [7, 11) is -2.10. The Kier molecular flexibility index (Phi) is 6.18. The zero-order valence-electron chi connectivity index (χ0n) is 15.1. The van der Waals surface area contributed by atoms with Crippen LogP contribution in [-0.2, 0) is 10.0 Å². The van der Waals surface area contributed by atoms with Gasteiger partial charge in [-0.1, -0.05) is 12.8 Å². The topological polar surface area (TPSA) is 79.5 Å². The maximum atomic E-state index is 12.5. The molecule has 1 fully saturated rings. The van der Waals surface area contributed by atoms with Crippen LogP contribution in [0.15, 0.2) is 53.4 Å². The van der Waals surface area contributed by atoms with Crippen molar-refractivity contribution in [3.63, 3.8) is 0 Å². The lowest BCUT2D eigenvalue weighted by atomic mass is 10.2. The molecule has 2 aromatic carbocycles. The maximum absolute atomic E-state index is 12.5. The number of hydrogen-bond donors (Lipinski definition) is 3. The molecule has 0 unspecified atom stereocenters. The van der Waals surface area contributed by atoms with E-state index in [1.807, 2.05) is 0 Å². The third kappa shape index (κ3) is 5.33. The van der Waals surface area contributed by atoms with Crippen molar-refractivity contribution in [1.29, 1.82) is 0 Å². The fraction of sp³-hybridized carbons (Fsp3) is 0.316. The van der Waals surface area contributed by atoms with Gasteiger partial charge in [-0.15, -0.1) is 0 Å². The Hall–Kier alpha value is -2.32. The van der Waals surface area contributed by atoms with Gasteiger partial charge in [0.15, 0.2) is 5.11 Å². The van der Waals surface area contributed by atoms with Crippen molar-refractivity contribution in [3.8, 4) is 5.75 Å². The molecule has 6 nitrogen and oxygen atoms in total. The van der Waals surface area contributed by atoms with Crippen LogP contribution in [0, 0.1) is 0 Å². The summed E-state index contributed by atoms with van der Waals surface area (Å²) in [5, 5.41) is 6.96. The lowest BCUT2D eigenvalue weighted by Crippen LogP contribution is -2.35. The van der Waals surface area contributed by atoms with Gasteiger partial charge in [0.2, 0.25) is 0 Å². The van der Waals surface area contributed by atoms with Crippen molar-refractivity contribution < 1.29 is 13.2 Å². The second-order valence-corrected chi connectivity index (χ2v) is 8.53. The number of benzene rings is 2. The molecule has 144 valence electrons. The summed E-state index contributed by atoms with van der Waals surface area (Å²) in [6.07, 6.45) is 4.73. The lowest BCUT2D eigenvalue weighted by Gasteiger charge is -2.16. The summed E-state index contributed by atoms with van der Waals surface area (Å²) >= 11 is 5.32. The van der Waals surface area contributed by atoms with E-state index in [9.17, 15) is 8.42 Å². The molecule has 3 N–H and O–H groups in total. The Balaban J connectivity index is 1.61. The minimum absolute atomic E-state index is 0.179. The molecule has 0 atom stereocenters.